The fourth-order valence-electron chi connectivity index (χ4n) is 2.31. The molecule has 0 amide bonds. The molecule has 1 aliphatic rings. The van der Waals surface area contributed by atoms with E-state index in [1.807, 2.05) is 6.07 Å². The van der Waals surface area contributed by atoms with Gasteiger partial charge in [-0.3, -0.25) is 0 Å². The average Bonchev–Trinajstić information content (AvgIpc) is 2.73. The van der Waals surface area contributed by atoms with Crippen molar-refractivity contribution in [3.63, 3.8) is 0 Å². The summed E-state index contributed by atoms with van der Waals surface area (Å²) in [7, 11) is 1.72. The maximum Gasteiger partial charge on any atom is 0.142 e. The van der Waals surface area contributed by atoms with Gasteiger partial charge in [-0.2, -0.15) is 0 Å². The van der Waals surface area contributed by atoms with E-state index in [0.717, 1.165) is 45.0 Å². The summed E-state index contributed by atoms with van der Waals surface area (Å²) < 4.78 is 10.9. The maximum absolute atomic E-state index is 5.89. The van der Waals surface area contributed by atoms with Crippen LogP contribution in [0.25, 0.3) is 0 Å². The minimum absolute atomic E-state index is 0.705. The number of methoxy groups -OCH3 is 1. The molecule has 19 heavy (non-hydrogen) atoms. The van der Waals surface area contributed by atoms with Crippen molar-refractivity contribution in [1.82, 2.24) is 5.32 Å². The number of nitrogens with one attached hydrogen (secondary N) is 1. The number of ether oxygens (including phenoxy) is 2. The van der Waals surface area contributed by atoms with Crippen molar-refractivity contribution in [1.29, 1.82) is 0 Å². The smallest absolute Gasteiger partial charge is 0.142 e. The van der Waals surface area contributed by atoms with Crippen molar-refractivity contribution in [2.24, 2.45) is 0 Å². The van der Waals surface area contributed by atoms with Gasteiger partial charge in [-0.15, -0.1) is 0 Å². The van der Waals surface area contributed by atoms with Crippen LogP contribution in [0.4, 0.5) is 5.69 Å². The lowest BCUT2D eigenvalue weighted by atomic mass is 10.2. The lowest BCUT2D eigenvalue weighted by Gasteiger charge is -2.24. The van der Waals surface area contributed by atoms with Crippen LogP contribution in [0, 0.1) is 0 Å². The molecule has 4 heteroatoms. The zero-order valence-corrected chi connectivity index (χ0v) is 11.7. The summed E-state index contributed by atoms with van der Waals surface area (Å²) in [6, 6.07) is 8.32. The molecule has 1 heterocycles. The minimum atomic E-state index is 0.705. The number of nitrogens with zero attached hydrogens (tertiary/aromatic N) is 1. The highest BCUT2D eigenvalue weighted by Crippen LogP contribution is 2.28. The molecule has 1 aromatic carbocycles. The zero-order valence-electron chi connectivity index (χ0n) is 11.7. The van der Waals surface area contributed by atoms with Gasteiger partial charge in [0.05, 0.1) is 12.3 Å². The Bertz CT molecular complexity index is 363. The Morgan fingerprint density at radius 1 is 1.16 bits per heavy atom. The second-order valence-electron chi connectivity index (χ2n) is 4.75. The summed E-state index contributed by atoms with van der Waals surface area (Å²) in [5.41, 5.74) is 1.21. The number of anilines is 1. The van der Waals surface area contributed by atoms with E-state index in [9.17, 15) is 0 Å². The van der Waals surface area contributed by atoms with Gasteiger partial charge in [0.1, 0.15) is 5.75 Å². The Labute approximate surface area is 115 Å². The van der Waals surface area contributed by atoms with Crippen LogP contribution in [0.3, 0.4) is 0 Å². The molecule has 1 N–H and O–H groups in total. The van der Waals surface area contributed by atoms with Crippen LogP contribution in [0.15, 0.2) is 24.3 Å². The third kappa shape index (κ3) is 4.40. The highest BCUT2D eigenvalue weighted by Gasteiger charge is 2.13. The van der Waals surface area contributed by atoms with Crippen molar-refractivity contribution >= 4 is 5.69 Å². The van der Waals surface area contributed by atoms with Crippen LogP contribution >= 0.6 is 0 Å². The Morgan fingerprint density at radius 2 is 2.05 bits per heavy atom. The van der Waals surface area contributed by atoms with E-state index < -0.39 is 0 Å². The molecule has 1 saturated heterocycles. The van der Waals surface area contributed by atoms with Crippen LogP contribution in [-0.2, 0) is 4.74 Å². The summed E-state index contributed by atoms with van der Waals surface area (Å²) in [4.78, 5) is 2.41. The normalized spacial score (nSPS) is 16.2. The molecule has 0 unspecified atom stereocenters. The number of rotatable bonds is 6. The number of para-hydroxylation sites is 2. The van der Waals surface area contributed by atoms with E-state index in [1.165, 1.54) is 12.1 Å². The maximum atomic E-state index is 5.89. The molecule has 0 aliphatic carbocycles. The van der Waals surface area contributed by atoms with Gasteiger partial charge < -0.3 is 19.7 Å². The van der Waals surface area contributed by atoms with Gasteiger partial charge in [-0.05, 0) is 25.1 Å². The summed E-state index contributed by atoms with van der Waals surface area (Å²) in [6.45, 7) is 5.72. The molecule has 0 bridgehead atoms. The lowest BCUT2D eigenvalue weighted by molar-refractivity contribution is 0.172. The van der Waals surface area contributed by atoms with Gasteiger partial charge >= 0.3 is 0 Å². The zero-order chi connectivity index (χ0) is 13.3. The Morgan fingerprint density at radius 3 is 2.95 bits per heavy atom. The highest BCUT2D eigenvalue weighted by molar-refractivity contribution is 5.58. The van der Waals surface area contributed by atoms with Crippen LogP contribution in [0.1, 0.15) is 12.8 Å². The molecule has 2 rings (SSSR count). The fraction of sp³-hybridized carbons (Fsp3) is 0.600. The molecule has 0 aromatic heterocycles. The first-order valence-corrected chi connectivity index (χ1v) is 7.08. The van der Waals surface area contributed by atoms with Crippen molar-refractivity contribution < 1.29 is 9.47 Å². The topological polar surface area (TPSA) is 33.7 Å². The minimum Gasteiger partial charge on any atom is -0.491 e. The highest BCUT2D eigenvalue weighted by atomic mass is 16.5. The van der Waals surface area contributed by atoms with Crippen LogP contribution < -0.4 is 15.0 Å². The quantitative estimate of drug-likeness (QED) is 0.796. The summed E-state index contributed by atoms with van der Waals surface area (Å²) >= 11 is 0. The van der Waals surface area contributed by atoms with Gasteiger partial charge in [-0.25, -0.2) is 0 Å². The van der Waals surface area contributed by atoms with E-state index in [4.69, 9.17) is 9.47 Å². The second kappa shape index (κ2) is 8.02. The second-order valence-corrected chi connectivity index (χ2v) is 4.75. The molecule has 0 radical (unpaired) electrons. The molecule has 1 fully saturated rings. The first kappa shape index (κ1) is 14.2. The average molecular weight is 264 g/mol. The molecule has 4 nitrogen and oxygen atoms in total. The Balaban J connectivity index is 1.98. The number of benzene rings is 1. The molecular formula is C15H24N2O2. The van der Waals surface area contributed by atoms with Gasteiger partial charge in [-0.1, -0.05) is 12.1 Å². The Hall–Kier alpha value is -1.26. The monoisotopic (exact) mass is 264 g/mol. The van der Waals surface area contributed by atoms with E-state index in [0.29, 0.717) is 6.61 Å². The third-order valence-corrected chi connectivity index (χ3v) is 3.30. The van der Waals surface area contributed by atoms with E-state index >= 15 is 0 Å². The summed E-state index contributed by atoms with van der Waals surface area (Å²) in [5.74, 6) is 0.987. The Kier molecular flexibility index (Phi) is 5.98. The van der Waals surface area contributed by atoms with E-state index in [-0.39, 0.29) is 0 Å². The molecule has 0 spiro atoms. The molecular weight excluding hydrogens is 240 g/mol. The SMILES string of the molecule is COCCCOc1ccccc1N1CCCNCC1. The molecule has 1 aromatic rings. The molecule has 1 aliphatic heterocycles. The van der Waals surface area contributed by atoms with Crippen molar-refractivity contribution in [3.8, 4) is 5.75 Å². The van der Waals surface area contributed by atoms with Gasteiger partial charge in [0, 0.05) is 39.8 Å². The molecule has 106 valence electrons. The van der Waals surface area contributed by atoms with Crippen molar-refractivity contribution in [2.45, 2.75) is 12.8 Å². The summed E-state index contributed by atoms with van der Waals surface area (Å²) in [5, 5.41) is 3.43. The predicted octanol–water partition coefficient (Wildman–Crippen LogP) is 1.90. The first-order chi connectivity index (χ1) is 9.42. The van der Waals surface area contributed by atoms with Crippen molar-refractivity contribution in [3.05, 3.63) is 24.3 Å². The largest absolute Gasteiger partial charge is 0.491 e. The molecule has 0 saturated carbocycles. The lowest BCUT2D eigenvalue weighted by Crippen LogP contribution is -2.28. The van der Waals surface area contributed by atoms with Gasteiger partial charge in [0.25, 0.3) is 0 Å². The van der Waals surface area contributed by atoms with Crippen LogP contribution in [0.2, 0.25) is 0 Å². The fourth-order valence-corrected chi connectivity index (χ4v) is 2.31. The van der Waals surface area contributed by atoms with Crippen molar-refractivity contribution in [2.75, 3.05) is 51.4 Å². The number of hydrogen-bond acceptors (Lipinski definition) is 4. The van der Waals surface area contributed by atoms with Crippen LogP contribution in [0.5, 0.6) is 5.75 Å². The van der Waals surface area contributed by atoms with Gasteiger partial charge in [0.15, 0.2) is 0 Å². The number of hydrogen-bond donors (Lipinski definition) is 1. The third-order valence-electron chi connectivity index (χ3n) is 3.30. The molecule has 0 atom stereocenters. The van der Waals surface area contributed by atoms with E-state index in [1.54, 1.807) is 7.11 Å². The first-order valence-electron chi connectivity index (χ1n) is 7.08. The predicted molar refractivity (Wildman–Crippen MR) is 78.1 cm³/mol. The van der Waals surface area contributed by atoms with Crippen LogP contribution in [-0.4, -0.2) is 46.5 Å². The summed E-state index contributed by atoms with van der Waals surface area (Å²) in [6.07, 6.45) is 2.10. The van der Waals surface area contributed by atoms with E-state index in [2.05, 4.69) is 28.4 Å². The standard InChI is InChI=1S/C15H24N2O2/c1-18-12-5-13-19-15-7-3-2-6-14(15)17-10-4-8-16-9-11-17/h2-3,6-7,16H,4-5,8-13H2,1H3. The van der Waals surface area contributed by atoms with Gasteiger partial charge in [0.2, 0.25) is 0 Å².